The quantitative estimate of drug-likeness (QED) is 0.340. The molecule has 0 aromatic carbocycles. The molecule has 1 aromatic heterocycles. The normalized spacial score (nSPS) is 19.9. The van der Waals surface area contributed by atoms with Crippen molar-refractivity contribution in [2.75, 3.05) is 57.8 Å². The zero-order chi connectivity index (χ0) is 19.0. The van der Waals surface area contributed by atoms with Crippen LogP contribution in [-0.2, 0) is 0 Å². The van der Waals surface area contributed by atoms with E-state index in [4.69, 9.17) is 0 Å². The average molecular weight is 501 g/mol. The molecule has 0 atom stereocenters. The van der Waals surface area contributed by atoms with Gasteiger partial charge in [0.1, 0.15) is 0 Å². The standard InChI is InChI=1S/C20H35N7.HI/c1-3-20(7-4-5-8-20)17-25-18(21-2)22-11-12-26-13-15-27(16-14-26)19-23-9-6-10-24-19;/h6,9-10H,3-5,7-8,11-17H2,1-2H3,(H2,21,22,25);1H. The summed E-state index contributed by atoms with van der Waals surface area (Å²) in [5.74, 6) is 1.78. The van der Waals surface area contributed by atoms with Crippen molar-refractivity contribution in [3.8, 4) is 0 Å². The number of piperazine rings is 1. The van der Waals surface area contributed by atoms with Gasteiger partial charge < -0.3 is 15.5 Å². The first-order valence-electron chi connectivity index (χ1n) is 10.4. The Balaban J connectivity index is 0.00000280. The van der Waals surface area contributed by atoms with Gasteiger partial charge >= 0.3 is 0 Å². The fourth-order valence-corrected chi connectivity index (χ4v) is 4.23. The van der Waals surface area contributed by atoms with Gasteiger partial charge in [0.05, 0.1) is 0 Å². The predicted octanol–water partition coefficient (Wildman–Crippen LogP) is 2.35. The van der Waals surface area contributed by atoms with Gasteiger partial charge in [-0.2, -0.15) is 0 Å². The Morgan fingerprint density at radius 2 is 1.79 bits per heavy atom. The van der Waals surface area contributed by atoms with Crippen molar-refractivity contribution in [3.05, 3.63) is 18.5 Å². The molecule has 0 amide bonds. The summed E-state index contributed by atoms with van der Waals surface area (Å²) in [4.78, 5) is 17.8. The molecule has 3 rings (SSSR count). The summed E-state index contributed by atoms with van der Waals surface area (Å²) in [5, 5.41) is 7.05. The van der Waals surface area contributed by atoms with E-state index >= 15 is 0 Å². The minimum atomic E-state index is 0. The molecule has 8 heteroatoms. The SMILES string of the molecule is CCC1(CNC(=NC)NCCN2CCN(c3ncccn3)CC2)CCCC1.I. The van der Waals surface area contributed by atoms with Crippen molar-refractivity contribution in [1.29, 1.82) is 0 Å². The maximum Gasteiger partial charge on any atom is 0.225 e. The van der Waals surface area contributed by atoms with Gasteiger partial charge in [-0.1, -0.05) is 19.8 Å². The van der Waals surface area contributed by atoms with Crippen LogP contribution in [0.15, 0.2) is 23.5 Å². The van der Waals surface area contributed by atoms with Gasteiger partial charge in [0.15, 0.2) is 5.96 Å². The number of guanidine groups is 1. The average Bonchev–Trinajstić information content (AvgIpc) is 3.21. The van der Waals surface area contributed by atoms with E-state index in [0.717, 1.165) is 57.7 Å². The van der Waals surface area contributed by atoms with Crippen LogP contribution in [0.1, 0.15) is 39.0 Å². The van der Waals surface area contributed by atoms with E-state index in [-0.39, 0.29) is 24.0 Å². The number of rotatable bonds is 7. The van der Waals surface area contributed by atoms with Gasteiger partial charge in [0.25, 0.3) is 0 Å². The lowest BCUT2D eigenvalue weighted by Crippen LogP contribution is -2.50. The second kappa shape index (κ2) is 11.7. The number of nitrogens with one attached hydrogen (secondary N) is 2. The predicted molar refractivity (Wildman–Crippen MR) is 127 cm³/mol. The van der Waals surface area contributed by atoms with Crippen molar-refractivity contribution >= 4 is 35.9 Å². The largest absolute Gasteiger partial charge is 0.356 e. The monoisotopic (exact) mass is 501 g/mol. The highest BCUT2D eigenvalue weighted by atomic mass is 127. The summed E-state index contributed by atoms with van der Waals surface area (Å²) < 4.78 is 0. The Morgan fingerprint density at radius 1 is 1.11 bits per heavy atom. The summed E-state index contributed by atoms with van der Waals surface area (Å²) in [6, 6.07) is 1.86. The fraction of sp³-hybridized carbons (Fsp3) is 0.750. The molecule has 158 valence electrons. The highest BCUT2D eigenvalue weighted by molar-refractivity contribution is 14.0. The molecule has 0 radical (unpaired) electrons. The summed E-state index contributed by atoms with van der Waals surface area (Å²) in [5.41, 5.74) is 0.480. The van der Waals surface area contributed by atoms with Crippen LogP contribution in [0.3, 0.4) is 0 Å². The molecule has 0 spiro atoms. The third kappa shape index (κ3) is 6.43. The zero-order valence-corrected chi connectivity index (χ0v) is 19.7. The Morgan fingerprint density at radius 3 is 2.39 bits per heavy atom. The van der Waals surface area contributed by atoms with Crippen LogP contribution in [-0.4, -0.2) is 73.7 Å². The van der Waals surface area contributed by atoms with Crippen LogP contribution in [0.4, 0.5) is 5.95 Å². The molecule has 2 N–H and O–H groups in total. The van der Waals surface area contributed by atoms with E-state index in [1.54, 1.807) is 0 Å². The lowest BCUT2D eigenvalue weighted by atomic mass is 9.83. The van der Waals surface area contributed by atoms with Crippen molar-refractivity contribution in [2.24, 2.45) is 10.4 Å². The topological polar surface area (TPSA) is 68.7 Å². The fourth-order valence-electron chi connectivity index (χ4n) is 4.23. The number of hydrogen-bond acceptors (Lipinski definition) is 5. The van der Waals surface area contributed by atoms with Crippen molar-refractivity contribution in [3.63, 3.8) is 0 Å². The van der Waals surface area contributed by atoms with E-state index in [9.17, 15) is 0 Å². The maximum absolute atomic E-state index is 4.40. The molecule has 0 bridgehead atoms. The molecule has 28 heavy (non-hydrogen) atoms. The number of nitrogens with zero attached hydrogens (tertiary/aromatic N) is 5. The van der Waals surface area contributed by atoms with E-state index < -0.39 is 0 Å². The van der Waals surface area contributed by atoms with Crippen molar-refractivity contribution in [2.45, 2.75) is 39.0 Å². The van der Waals surface area contributed by atoms with E-state index in [2.05, 4.69) is 42.3 Å². The van der Waals surface area contributed by atoms with Gasteiger partial charge in [-0.3, -0.25) is 9.89 Å². The summed E-state index contributed by atoms with van der Waals surface area (Å²) in [7, 11) is 1.86. The summed E-state index contributed by atoms with van der Waals surface area (Å²) in [6.07, 6.45) is 10.3. The lowest BCUT2D eigenvalue weighted by molar-refractivity contribution is 0.259. The molecule has 1 saturated heterocycles. The number of aromatic nitrogens is 2. The Hall–Kier alpha value is -1.16. The third-order valence-electron chi connectivity index (χ3n) is 6.20. The minimum Gasteiger partial charge on any atom is -0.356 e. The summed E-state index contributed by atoms with van der Waals surface area (Å²) in [6.45, 7) is 9.37. The molecular weight excluding hydrogens is 465 g/mol. The molecule has 1 saturated carbocycles. The second-order valence-electron chi connectivity index (χ2n) is 7.79. The third-order valence-corrected chi connectivity index (χ3v) is 6.20. The Labute approximate surface area is 186 Å². The molecule has 7 nitrogen and oxygen atoms in total. The van der Waals surface area contributed by atoms with E-state index in [0.29, 0.717) is 5.41 Å². The first-order chi connectivity index (χ1) is 13.2. The van der Waals surface area contributed by atoms with Crippen LogP contribution in [0.2, 0.25) is 0 Å². The molecule has 0 unspecified atom stereocenters. The number of halogens is 1. The second-order valence-corrected chi connectivity index (χ2v) is 7.79. The molecule has 2 heterocycles. The Bertz CT molecular complexity index is 581. The molecular formula is C20H36IN7. The highest BCUT2D eigenvalue weighted by Crippen LogP contribution is 2.40. The van der Waals surface area contributed by atoms with Crippen LogP contribution in [0, 0.1) is 5.41 Å². The number of anilines is 1. The smallest absolute Gasteiger partial charge is 0.225 e. The van der Waals surface area contributed by atoms with Crippen molar-refractivity contribution < 1.29 is 0 Å². The van der Waals surface area contributed by atoms with Gasteiger partial charge in [-0.25, -0.2) is 9.97 Å². The van der Waals surface area contributed by atoms with Crippen LogP contribution >= 0.6 is 24.0 Å². The molecule has 1 aliphatic carbocycles. The number of hydrogen-bond donors (Lipinski definition) is 2. The zero-order valence-electron chi connectivity index (χ0n) is 17.4. The number of aliphatic imine (C=N–C) groups is 1. The Kier molecular flexibility index (Phi) is 9.70. The van der Waals surface area contributed by atoms with Crippen LogP contribution in [0.25, 0.3) is 0 Å². The van der Waals surface area contributed by atoms with E-state index in [1.807, 2.05) is 25.5 Å². The highest BCUT2D eigenvalue weighted by Gasteiger charge is 2.31. The van der Waals surface area contributed by atoms with Crippen molar-refractivity contribution in [1.82, 2.24) is 25.5 Å². The van der Waals surface area contributed by atoms with Gasteiger partial charge in [-0.15, -0.1) is 24.0 Å². The lowest BCUT2D eigenvalue weighted by Gasteiger charge is -2.34. The van der Waals surface area contributed by atoms with Gasteiger partial charge in [0, 0.05) is 65.3 Å². The molecule has 2 fully saturated rings. The molecule has 1 aromatic rings. The van der Waals surface area contributed by atoms with Crippen LogP contribution in [0.5, 0.6) is 0 Å². The van der Waals surface area contributed by atoms with Crippen LogP contribution < -0.4 is 15.5 Å². The molecule has 1 aliphatic heterocycles. The first-order valence-corrected chi connectivity index (χ1v) is 10.4. The summed E-state index contributed by atoms with van der Waals surface area (Å²) >= 11 is 0. The van der Waals surface area contributed by atoms with Gasteiger partial charge in [0.2, 0.25) is 5.95 Å². The minimum absolute atomic E-state index is 0. The maximum atomic E-state index is 4.40. The van der Waals surface area contributed by atoms with E-state index in [1.165, 1.54) is 32.1 Å². The van der Waals surface area contributed by atoms with Gasteiger partial charge in [-0.05, 0) is 30.7 Å². The first kappa shape index (κ1) is 23.1. The molecule has 2 aliphatic rings.